The molecule has 4 N–H and O–H groups in total. The zero-order chi connectivity index (χ0) is 19.3. The van der Waals surface area contributed by atoms with Crippen molar-refractivity contribution in [3.05, 3.63) is 50.6 Å². The molecule has 11 nitrogen and oxygen atoms in total. The number of urea groups is 1. The van der Waals surface area contributed by atoms with E-state index in [0.717, 1.165) is 16.3 Å². The number of aromatic amines is 1. The van der Waals surface area contributed by atoms with Gasteiger partial charge in [0, 0.05) is 17.8 Å². The largest absolute Gasteiger partial charge is 0.416 e. The number of H-pyrrole nitrogens is 1. The number of hydrogen-bond acceptors (Lipinski definition) is 8. The zero-order valence-corrected chi connectivity index (χ0v) is 14.6. The van der Waals surface area contributed by atoms with Crippen molar-refractivity contribution in [1.82, 2.24) is 25.1 Å². The summed E-state index contributed by atoms with van der Waals surface area (Å²) in [6.45, 7) is 5.18. The first-order valence-corrected chi connectivity index (χ1v) is 8.28. The number of primary amides is 1. The second kappa shape index (κ2) is 8.29. The van der Waals surface area contributed by atoms with E-state index >= 15 is 0 Å². The fourth-order valence-electron chi connectivity index (χ4n) is 2.04. The first-order chi connectivity index (χ1) is 12.3. The van der Waals surface area contributed by atoms with Crippen LogP contribution in [0.1, 0.15) is 17.1 Å². The Morgan fingerprint density at radius 1 is 1.42 bits per heavy atom. The van der Waals surface area contributed by atoms with Gasteiger partial charge in [0.25, 0.3) is 10.8 Å². The fraction of sp³-hybridized carbons (Fsp3) is 0.286. The van der Waals surface area contributed by atoms with Gasteiger partial charge in [-0.2, -0.15) is 0 Å². The maximum absolute atomic E-state index is 12.4. The molecule has 12 heteroatoms. The van der Waals surface area contributed by atoms with E-state index in [1.54, 1.807) is 6.92 Å². The van der Waals surface area contributed by atoms with Crippen LogP contribution in [0, 0.1) is 6.92 Å². The number of imide groups is 1. The van der Waals surface area contributed by atoms with E-state index in [1.165, 1.54) is 6.08 Å². The van der Waals surface area contributed by atoms with Crippen molar-refractivity contribution < 1.29 is 14.0 Å². The predicted molar refractivity (Wildman–Crippen MR) is 91.8 cm³/mol. The molecule has 0 aromatic carbocycles. The molecule has 0 saturated heterocycles. The Morgan fingerprint density at radius 3 is 2.81 bits per heavy atom. The number of nitrogens with one attached hydrogen (secondary N) is 2. The molecular weight excluding hydrogens is 364 g/mol. The molecule has 0 bridgehead atoms. The molecule has 2 aromatic rings. The summed E-state index contributed by atoms with van der Waals surface area (Å²) in [4.78, 5) is 48.7. The summed E-state index contributed by atoms with van der Waals surface area (Å²) >= 11 is 0.910. The van der Waals surface area contributed by atoms with Crippen molar-refractivity contribution in [2.24, 2.45) is 5.73 Å². The maximum Gasteiger partial charge on any atom is 0.328 e. The molecule has 2 aromatic heterocycles. The highest BCUT2D eigenvalue weighted by atomic mass is 32.2. The molecule has 0 saturated carbocycles. The molecular formula is C14H16N6O5S. The Hall–Kier alpha value is -3.15. The summed E-state index contributed by atoms with van der Waals surface area (Å²) in [6, 6.07) is -0.953. The van der Waals surface area contributed by atoms with E-state index in [9.17, 15) is 19.2 Å². The van der Waals surface area contributed by atoms with Crippen LogP contribution >= 0.6 is 11.8 Å². The summed E-state index contributed by atoms with van der Waals surface area (Å²) in [7, 11) is 0. The topological polar surface area (TPSA) is 166 Å². The second-order valence-corrected chi connectivity index (χ2v) is 6.00. The number of carbonyl (C=O) groups excluding carboxylic acids is 2. The Morgan fingerprint density at radius 2 is 2.15 bits per heavy atom. The van der Waals surface area contributed by atoms with Gasteiger partial charge >= 0.3 is 11.7 Å². The van der Waals surface area contributed by atoms with E-state index in [2.05, 4.69) is 21.8 Å². The van der Waals surface area contributed by atoms with Gasteiger partial charge in [-0.05, 0) is 6.92 Å². The number of rotatable bonds is 7. The smallest absolute Gasteiger partial charge is 0.328 e. The molecule has 26 heavy (non-hydrogen) atoms. The lowest BCUT2D eigenvalue weighted by Crippen LogP contribution is -2.37. The molecule has 0 aliphatic carbocycles. The minimum absolute atomic E-state index is 0.0135. The van der Waals surface area contributed by atoms with Gasteiger partial charge in [0.15, 0.2) is 0 Å². The van der Waals surface area contributed by atoms with Gasteiger partial charge in [-0.1, -0.05) is 17.8 Å². The first kappa shape index (κ1) is 19.2. The summed E-state index contributed by atoms with van der Waals surface area (Å²) in [5.74, 6) is -0.611. The molecule has 0 fully saturated rings. The van der Waals surface area contributed by atoms with Crippen LogP contribution in [-0.4, -0.2) is 37.4 Å². The fourth-order valence-corrected chi connectivity index (χ4v) is 2.62. The van der Waals surface area contributed by atoms with Gasteiger partial charge in [-0.25, -0.2) is 9.59 Å². The molecule has 0 aliphatic rings. The highest BCUT2D eigenvalue weighted by Crippen LogP contribution is 2.17. The third-order valence-electron chi connectivity index (χ3n) is 3.17. The minimum Gasteiger partial charge on any atom is -0.416 e. The number of nitrogens with two attached hydrogens (primary N) is 1. The predicted octanol–water partition coefficient (Wildman–Crippen LogP) is -0.708. The van der Waals surface area contributed by atoms with E-state index in [4.69, 9.17) is 10.2 Å². The quantitative estimate of drug-likeness (QED) is 0.418. The summed E-state index contributed by atoms with van der Waals surface area (Å²) in [5, 5.41) is 9.55. The van der Waals surface area contributed by atoms with E-state index in [0.29, 0.717) is 11.3 Å². The summed E-state index contributed by atoms with van der Waals surface area (Å²) in [6.07, 6.45) is 1.45. The average Bonchev–Trinajstić information content (AvgIpc) is 3.00. The molecule has 0 atom stereocenters. The summed E-state index contributed by atoms with van der Waals surface area (Å²) < 4.78 is 6.38. The monoisotopic (exact) mass is 380 g/mol. The number of thioether (sulfide) groups is 1. The van der Waals surface area contributed by atoms with Crippen molar-refractivity contribution in [3.8, 4) is 0 Å². The van der Waals surface area contributed by atoms with Crippen LogP contribution in [0.4, 0.5) is 4.79 Å². The van der Waals surface area contributed by atoms with Crippen molar-refractivity contribution in [3.63, 3.8) is 0 Å². The maximum atomic E-state index is 12.4. The van der Waals surface area contributed by atoms with Gasteiger partial charge in [0.2, 0.25) is 11.8 Å². The SMILES string of the molecule is C=CCn1c(=O)[nH]c(C)c(Cc2nnc(SCC(=O)NC(N)=O)o2)c1=O. The standard InChI is InChI=1S/C14H16N6O5S/c1-3-4-20-11(22)8(7(2)16-13(20)24)5-10-18-19-14(25-10)26-6-9(21)17-12(15)23/h3H,1,4-6H2,2H3,(H,16,24)(H3,15,17,21,23). The van der Waals surface area contributed by atoms with Gasteiger partial charge in [-0.15, -0.1) is 16.8 Å². The Kier molecular flexibility index (Phi) is 6.11. The number of allylic oxidation sites excluding steroid dienone is 1. The van der Waals surface area contributed by atoms with Gasteiger partial charge in [0.1, 0.15) is 0 Å². The van der Waals surface area contributed by atoms with Crippen LogP contribution < -0.4 is 22.3 Å². The highest BCUT2D eigenvalue weighted by Gasteiger charge is 2.16. The van der Waals surface area contributed by atoms with Crippen molar-refractivity contribution >= 4 is 23.7 Å². The van der Waals surface area contributed by atoms with Crippen LogP contribution in [0.2, 0.25) is 0 Å². The molecule has 0 spiro atoms. The minimum atomic E-state index is -0.953. The normalized spacial score (nSPS) is 10.5. The Bertz CT molecular complexity index is 959. The van der Waals surface area contributed by atoms with Crippen molar-refractivity contribution in [2.45, 2.75) is 25.1 Å². The Labute approximate surface area is 150 Å². The third kappa shape index (κ3) is 4.69. The number of hydrogen-bond donors (Lipinski definition) is 3. The lowest BCUT2D eigenvalue weighted by atomic mass is 10.1. The van der Waals surface area contributed by atoms with E-state index < -0.39 is 23.2 Å². The van der Waals surface area contributed by atoms with Gasteiger partial charge in [-0.3, -0.25) is 19.5 Å². The second-order valence-electron chi connectivity index (χ2n) is 5.08. The van der Waals surface area contributed by atoms with Crippen molar-refractivity contribution in [2.75, 3.05) is 5.75 Å². The lowest BCUT2D eigenvalue weighted by molar-refractivity contribution is -0.117. The number of amides is 3. The molecule has 2 rings (SSSR count). The van der Waals surface area contributed by atoms with Crippen molar-refractivity contribution in [1.29, 1.82) is 0 Å². The number of nitrogens with zero attached hydrogens (tertiary/aromatic N) is 3. The number of aromatic nitrogens is 4. The van der Waals surface area contributed by atoms with E-state index in [-0.39, 0.29) is 29.8 Å². The number of carbonyl (C=O) groups is 2. The molecule has 2 heterocycles. The molecule has 138 valence electrons. The van der Waals surface area contributed by atoms with Gasteiger partial charge in [0.05, 0.1) is 12.2 Å². The third-order valence-corrected chi connectivity index (χ3v) is 3.99. The summed E-state index contributed by atoms with van der Waals surface area (Å²) in [5.41, 5.74) is 4.53. The van der Waals surface area contributed by atoms with Crippen LogP contribution in [0.15, 0.2) is 31.9 Å². The molecule has 0 unspecified atom stereocenters. The lowest BCUT2D eigenvalue weighted by Gasteiger charge is -2.06. The van der Waals surface area contributed by atoms with Crippen LogP contribution in [-0.2, 0) is 17.8 Å². The number of aryl methyl sites for hydroxylation is 1. The molecule has 0 aliphatic heterocycles. The molecule has 3 amide bonds. The first-order valence-electron chi connectivity index (χ1n) is 7.29. The Balaban J connectivity index is 2.14. The van der Waals surface area contributed by atoms with Crippen LogP contribution in [0.5, 0.6) is 0 Å². The highest BCUT2D eigenvalue weighted by molar-refractivity contribution is 7.99. The van der Waals surface area contributed by atoms with Crippen LogP contribution in [0.3, 0.4) is 0 Å². The van der Waals surface area contributed by atoms with Crippen LogP contribution in [0.25, 0.3) is 0 Å². The zero-order valence-electron chi connectivity index (χ0n) is 13.8. The van der Waals surface area contributed by atoms with E-state index in [1.807, 2.05) is 5.32 Å². The molecule has 0 radical (unpaired) electrons. The van der Waals surface area contributed by atoms with Gasteiger partial charge < -0.3 is 15.1 Å². The average molecular weight is 380 g/mol.